The fourth-order valence-corrected chi connectivity index (χ4v) is 4.88. The largest absolute Gasteiger partial charge is 0.507 e. The molecule has 4 aromatic rings. The Bertz CT molecular complexity index is 1600. The number of aromatic hydroxyl groups is 1. The third-order valence-corrected chi connectivity index (χ3v) is 6.83. The van der Waals surface area contributed by atoms with E-state index in [2.05, 4.69) is 4.98 Å². The van der Waals surface area contributed by atoms with Gasteiger partial charge in [0.25, 0.3) is 11.7 Å². The second-order valence-corrected chi connectivity index (χ2v) is 9.75. The second-order valence-electron chi connectivity index (χ2n) is 9.75. The highest BCUT2D eigenvalue weighted by Crippen LogP contribution is 2.42. The quantitative estimate of drug-likeness (QED) is 0.156. The van der Waals surface area contributed by atoms with E-state index in [1.54, 1.807) is 67.8 Å². The maximum Gasteiger partial charge on any atom is 0.295 e. The van der Waals surface area contributed by atoms with Gasteiger partial charge in [-0.15, -0.1) is 0 Å². The molecule has 1 aromatic heterocycles. The summed E-state index contributed by atoms with van der Waals surface area (Å²) in [7, 11) is 0. The molecule has 2 heterocycles. The minimum atomic E-state index is -0.924. The Hall–Kier alpha value is -5.11. The Balaban J connectivity index is 1.50. The van der Waals surface area contributed by atoms with Crippen molar-refractivity contribution >= 4 is 17.4 Å². The summed E-state index contributed by atoms with van der Waals surface area (Å²) in [6.07, 6.45) is 3.24. The number of ketones is 1. The molecule has 0 unspecified atom stereocenters. The zero-order valence-electron chi connectivity index (χ0n) is 22.8. The molecule has 0 spiro atoms. The Morgan fingerprint density at radius 2 is 1.73 bits per heavy atom. The number of aliphatic hydroxyl groups excluding tert-OH is 1. The Labute approximate surface area is 238 Å². The van der Waals surface area contributed by atoms with Crippen LogP contribution in [0, 0.1) is 6.92 Å². The van der Waals surface area contributed by atoms with Gasteiger partial charge in [0.1, 0.15) is 18.1 Å². The number of aromatic nitrogens is 1. The molecule has 5 rings (SSSR count). The Kier molecular flexibility index (Phi) is 8.01. The molecule has 0 bridgehead atoms. The zero-order chi connectivity index (χ0) is 28.9. The first-order valence-electron chi connectivity index (χ1n) is 13.3. The van der Waals surface area contributed by atoms with Crippen LogP contribution in [-0.2, 0) is 22.7 Å². The molecule has 0 aliphatic carbocycles. The van der Waals surface area contributed by atoms with Gasteiger partial charge in [0.05, 0.1) is 18.2 Å². The number of phenols is 1. The molecule has 8 heteroatoms. The average Bonchev–Trinajstić information content (AvgIpc) is 3.23. The lowest BCUT2D eigenvalue weighted by atomic mass is 9.94. The predicted molar refractivity (Wildman–Crippen MR) is 153 cm³/mol. The standard InChI is InChI=1S/C33H30N2O6/c1-3-40-28-17-25(11-14-27(28)36)30-29(32(38)33(39)35(30)19-23-8-5-15-34-18-23)31(37)24-9-12-26(13-10-24)41-20-22-7-4-6-21(2)16-22/h4-18,30,36-37H,3,19-20H2,1-2H3/t30-/m0/s1. The fraction of sp³-hybridized carbons (Fsp3) is 0.182. The predicted octanol–water partition coefficient (Wildman–Crippen LogP) is 5.70. The molecule has 1 saturated heterocycles. The van der Waals surface area contributed by atoms with Crippen molar-refractivity contribution in [3.05, 3.63) is 125 Å². The van der Waals surface area contributed by atoms with Crippen LogP contribution in [0.15, 0.2) is 96.8 Å². The molecular weight excluding hydrogens is 520 g/mol. The Morgan fingerprint density at radius 1 is 0.951 bits per heavy atom. The van der Waals surface area contributed by atoms with E-state index in [-0.39, 0.29) is 29.4 Å². The molecule has 2 N–H and O–H groups in total. The summed E-state index contributed by atoms with van der Waals surface area (Å²) < 4.78 is 11.5. The number of likely N-dealkylation sites (tertiary alicyclic amines) is 1. The van der Waals surface area contributed by atoms with Gasteiger partial charge in [-0.1, -0.05) is 42.0 Å². The van der Waals surface area contributed by atoms with E-state index < -0.39 is 17.7 Å². The number of amides is 1. The summed E-state index contributed by atoms with van der Waals surface area (Å²) in [5.74, 6) is -1.12. The lowest BCUT2D eigenvalue weighted by Crippen LogP contribution is -2.29. The van der Waals surface area contributed by atoms with Gasteiger partial charge < -0.3 is 24.6 Å². The number of aryl methyl sites for hydroxylation is 1. The van der Waals surface area contributed by atoms with Crippen LogP contribution >= 0.6 is 0 Å². The fourth-order valence-electron chi connectivity index (χ4n) is 4.88. The van der Waals surface area contributed by atoms with Crippen molar-refractivity contribution in [2.75, 3.05) is 6.61 Å². The maximum absolute atomic E-state index is 13.4. The minimum absolute atomic E-state index is 0.0551. The van der Waals surface area contributed by atoms with E-state index in [0.717, 1.165) is 16.7 Å². The van der Waals surface area contributed by atoms with Crippen LogP contribution in [0.5, 0.6) is 17.2 Å². The number of benzene rings is 3. The molecule has 0 saturated carbocycles. The number of nitrogens with zero attached hydrogens (tertiary/aromatic N) is 2. The summed E-state index contributed by atoms with van der Waals surface area (Å²) in [4.78, 5) is 32.2. The van der Waals surface area contributed by atoms with Crippen LogP contribution in [0.2, 0.25) is 0 Å². The average molecular weight is 551 g/mol. The van der Waals surface area contributed by atoms with E-state index in [1.165, 1.54) is 11.0 Å². The van der Waals surface area contributed by atoms with Gasteiger partial charge in [-0.3, -0.25) is 14.6 Å². The number of hydrogen-bond donors (Lipinski definition) is 2. The van der Waals surface area contributed by atoms with Crippen molar-refractivity contribution in [1.82, 2.24) is 9.88 Å². The van der Waals surface area contributed by atoms with Gasteiger partial charge in [0.2, 0.25) is 0 Å². The van der Waals surface area contributed by atoms with Crippen molar-refractivity contribution in [3.63, 3.8) is 0 Å². The summed E-state index contributed by atoms with van der Waals surface area (Å²) in [5, 5.41) is 21.7. The van der Waals surface area contributed by atoms with Gasteiger partial charge in [-0.05, 0) is 73.0 Å². The summed E-state index contributed by atoms with van der Waals surface area (Å²) in [6, 6.07) is 22.0. The molecule has 1 fully saturated rings. The number of rotatable bonds is 9. The third kappa shape index (κ3) is 5.91. The highest BCUT2D eigenvalue weighted by atomic mass is 16.5. The van der Waals surface area contributed by atoms with Crippen molar-refractivity contribution < 1.29 is 29.3 Å². The van der Waals surface area contributed by atoms with Gasteiger partial charge in [-0.25, -0.2) is 0 Å². The highest BCUT2D eigenvalue weighted by molar-refractivity contribution is 6.46. The topological polar surface area (TPSA) is 109 Å². The van der Waals surface area contributed by atoms with E-state index in [4.69, 9.17) is 9.47 Å². The number of carbonyl (C=O) groups excluding carboxylic acids is 2. The molecule has 1 amide bonds. The molecule has 208 valence electrons. The Morgan fingerprint density at radius 3 is 2.44 bits per heavy atom. The van der Waals surface area contributed by atoms with Crippen molar-refractivity contribution in [1.29, 1.82) is 0 Å². The number of phenolic OH excluding ortho intramolecular Hbond substituents is 1. The highest BCUT2D eigenvalue weighted by Gasteiger charge is 2.46. The number of ether oxygens (including phenoxy) is 2. The van der Waals surface area contributed by atoms with Crippen molar-refractivity contribution in [2.24, 2.45) is 0 Å². The van der Waals surface area contributed by atoms with E-state index in [0.29, 0.717) is 30.1 Å². The molecule has 1 aliphatic rings. The van der Waals surface area contributed by atoms with Crippen LogP contribution < -0.4 is 9.47 Å². The van der Waals surface area contributed by atoms with Gasteiger partial charge in [0, 0.05) is 24.5 Å². The van der Waals surface area contributed by atoms with E-state index in [9.17, 15) is 19.8 Å². The number of hydrogen-bond acceptors (Lipinski definition) is 7. The summed E-state index contributed by atoms with van der Waals surface area (Å²) in [6.45, 7) is 4.59. The van der Waals surface area contributed by atoms with Gasteiger partial charge in [0.15, 0.2) is 11.5 Å². The summed E-state index contributed by atoms with van der Waals surface area (Å²) >= 11 is 0. The SMILES string of the molecule is CCOc1cc([C@H]2C(=C(O)c3ccc(OCc4cccc(C)c4)cc3)C(=O)C(=O)N2Cc2cccnc2)ccc1O. The number of pyridine rings is 1. The van der Waals surface area contributed by atoms with Crippen LogP contribution in [0.4, 0.5) is 0 Å². The number of aliphatic hydroxyl groups is 1. The molecule has 1 atom stereocenters. The normalized spacial score (nSPS) is 16.1. The van der Waals surface area contributed by atoms with Gasteiger partial charge >= 0.3 is 0 Å². The van der Waals surface area contributed by atoms with Crippen LogP contribution in [0.25, 0.3) is 5.76 Å². The smallest absolute Gasteiger partial charge is 0.295 e. The first kappa shape index (κ1) is 27.5. The van der Waals surface area contributed by atoms with E-state index >= 15 is 0 Å². The zero-order valence-corrected chi connectivity index (χ0v) is 22.8. The first-order valence-corrected chi connectivity index (χ1v) is 13.3. The molecular formula is C33H30N2O6. The van der Waals surface area contributed by atoms with Crippen molar-refractivity contribution in [2.45, 2.75) is 33.0 Å². The van der Waals surface area contributed by atoms with E-state index in [1.807, 2.05) is 31.2 Å². The van der Waals surface area contributed by atoms with Crippen LogP contribution in [0.3, 0.4) is 0 Å². The monoisotopic (exact) mass is 550 g/mol. The lowest BCUT2D eigenvalue weighted by Gasteiger charge is -2.26. The maximum atomic E-state index is 13.4. The molecule has 41 heavy (non-hydrogen) atoms. The van der Waals surface area contributed by atoms with Crippen LogP contribution in [-0.4, -0.2) is 38.4 Å². The molecule has 1 aliphatic heterocycles. The van der Waals surface area contributed by atoms with Crippen molar-refractivity contribution in [3.8, 4) is 17.2 Å². The first-order chi connectivity index (χ1) is 19.9. The van der Waals surface area contributed by atoms with Gasteiger partial charge in [-0.2, -0.15) is 0 Å². The molecule has 3 aromatic carbocycles. The lowest BCUT2D eigenvalue weighted by molar-refractivity contribution is -0.140. The second kappa shape index (κ2) is 12.0. The third-order valence-electron chi connectivity index (χ3n) is 6.83. The number of Topliss-reactive ketones (excluding diaryl/α,β-unsaturated/α-hetero) is 1. The minimum Gasteiger partial charge on any atom is -0.507 e. The molecule has 8 nitrogen and oxygen atoms in total. The molecule has 0 radical (unpaired) electrons. The number of carbonyl (C=O) groups is 2. The summed E-state index contributed by atoms with van der Waals surface area (Å²) in [5.41, 5.74) is 3.71. The van der Waals surface area contributed by atoms with Crippen LogP contribution in [0.1, 0.15) is 40.8 Å².